The summed E-state index contributed by atoms with van der Waals surface area (Å²) >= 11 is 0. The van der Waals surface area contributed by atoms with Crippen LogP contribution in [0.5, 0.6) is 11.5 Å². The molecule has 1 aromatic carbocycles. The van der Waals surface area contributed by atoms with E-state index in [4.69, 9.17) is 15.2 Å². The van der Waals surface area contributed by atoms with Crippen molar-refractivity contribution in [2.75, 3.05) is 19.8 Å². The Morgan fingerprint density at radius 1 is 1.40 bits per heavy atom. The minimum Gasteiger partial charge on any atom is -0.486 e. The molecule has 0 saturated heterocycles. The Morgan fingerprint density at radius 3 is 2.87 bits per heavy atom. The predicted octanol–water partition coefficient (Wildman–Crippen LogP) is 0.589. The van der Waals surface area contributed by atoms with Crippen LogP contribution in [0.3, 0.4) is 0 Å². The van der Waals surface area contributed by atoms with Gasteiger partial charge in [-0.25, -0.2) is 4.39 Å². The molecule has 1 atom stereocenters. The second kappa shape index (κ2) is 4.04. The average molecular weight is 213 g/mol. The lowest BCUT2D eigenvalue weighted by Gasteiger charge is -2.20. The highest BCUT2D eigenvalue weighted by molar-refractivity contribution is 5.45. The van der Waals surface area contributed by atoms with Gasteiger partial charge in [-0.1, -0.05) is 0 Å². The van der Waals surface area contributed by atoms with Gasteiger partial charge in [0, 0.05) is 6.54 Å². The minimum absolute atomic E-state index is 0.0408. The minimum atomic E-state index is -0.879. The molecule has 0 amide bonds. The van der Waals surface area contributed by atoms with Gasteiger partial charge in [-0.2, -0.15) is 0 Å². The number of aliphatic hydroxyl groups is 1. The summed E-state index contributed by atoms with van der Waals surface area (Å²) in [5, 5.41) is 9.47. The summed E-state index contributed by atoms with van der Waals surface area (Å²) in [5.74, 6) is -0.104. The molecule has 82 valence electrons. The predicted molar refractivity (Wildman–Crippen MR) is 51.4 cm³/mol. The van der Waals surface area contributed by atoms with Crippen LogP contribution in [-0.2, 0) is 0 Å². The third kappa shape index (κ3) is 1.88. The molecule has 0 bridgehead atoms. The molecule has 0 spiro atoms. The van der Waals surface area contributed by atoms with Crippen LogP contribution in [0.1, 0.15) is 11.7 Å². The van der Waals surface area contributed by atoms with Gasteiger partial charge in [0.15, 0.2) is 17.3 Å². The van der Waals surface area contributed by atoms with Crippen molar-refractivity contribution in [3.63, 3.8) is 0 Å². The molecule has 0 aromatic heterocycles. The summed E-state index contributed by atoms with van der Waals surface area (Å²) < 4.78 is 23.8. The van der Waals surface area contributed by atoms with Crippen LogP contribution in [0, 0.1) is 5.82 Å². The Hall–Kier alpha value is -1.33. The number of hydrogen-bond acceptors (Lipinski definition) is 4. The van der Waals surface area contributed by atoms with E-state index in [0.29, 0.717) is 24.5 Å². The van der Waals surface area contributed by atoms with Crippen molar-refractivity contribution in [1.29, 1.82) is 0 Å². The lowest BCUT2D eigenvalue weighted by molar-refractivity contribution is 0.159. The lowest BCUT2D eigenvalue weighted by Crippen LogP contribution is -2.18. The number of nitrogens with two attached hydrogens (primary N) is 1. The SMILES string of the molecule is NCC(O)c1cc(F)c2c(c1)OCCO2. The Morgan fingerprint density at radius 2 is 2.13 bits per heavy atom. The fraction of sp³-hybridized carbons (Fsp3) is 0.400. The Labute approximate surface area is 86.4 Å². The van der Waals surface area contributed by atoms with E-state index >= 15 is 0 Å². The molecule has 5 heteroatoms. The molecule has 1 aliphatic rings. The maximum Gasteiger partial charge on any atom is 0.197 e. The van der Waals surface area contributed by atoms with E-state index in [1.807, 2.05) is 0 Å². The van der Waals surface area contributed by atoms with Gasteiger partial charge in [-0.3, -0.25) is 0 Å². The molecular formula is C10H12FNO3. The zero-order chi connectivity index (χ0) is 10.8. The average Bonchev–Trinajstić information content (AvgIpc) is 2.28. The maximum absolute atomic E-state index is 13.5. The maximum atomic E-state index is 13.5. The number of aliphatic hydroxyl groups excluding tert-OH is 1. The first kappa shape index (κ1) is 10.2. The van der Waals surface area contributed by atoms with Gasteiger partial charge >= 0.3 is 0 Å². The van der Waals surface area contributed by atoms with E-state index in [-0.39, 0.29) is 12.3 Å². The highest BCUT2D eigenvalue weighted by atomic mass is 19.1. The van der Waals surface area contributed by atoms with Crippen LogP contribution < -0.4 is 15.2 Å². The normalized spacial score (nSPS) is 16.2. The molecule has 15 heavy (non-hydrogen) atoms. The monoisotopic (exact) mass is 213 g/mol. The molecular weight excluding hydrogens is 201 g/mol. The number of benzene rings is 1. The van der Waals surface area contributed by atoms with Gasteiger partial charge in [-0.05, 0) is 17.7 Å². The van der Waals surface area contributed by atoms with Crippen LogP contribution in [0.4, 0.5) is 4.39 Å². The van der Waals surface area contributed by atoms with Crippen molar-refractivity contribution in [3.8, 4) is 11.5 Å². The molecule has 3 N–H and O–H groups in total. The number of halogens is 1. The summed E-state index contributed by atoms with van der Waals surface area (Å²) in [5.41, 5.74) is 5.69. The second-order valence-electron chi connectivity index (χ2n) is 3.28. The number of rotatable bonds is 2. The molecule has 0 fully saturated rings. The van der Waals surface area contributed by atoms with E-state index in [2.05, 4.69) is 0 Å². The quantitative estimate of drug-likeness (QED) is 0.754. The highest BCUT2D eigenvalue weighted by Crippen LogP contribution is 2.35. The third-order valence-electron chi connectivity index (χ3n) is 2.23. The third-order valence-corrected chi connectivity index (χ3v) is 2.23. The van der Waals surface area contributed by atoms with E-state index < -0.39 is 11.9 Å². The Bertz CT molecular complexity index is 370. The van der Waals surface area contributed by atoms with Crippen LogP contribution in [0.15, 0.2) is 12.1 Å². The number of hydrogen-bond donors (Lipinski definition) is 2. The number of fused-ring (bicyclic) bond motifs is 1. The lowest BCUT2D eigenvalue weighted by atomic mass is 10.1. The Kier molecular flexibility index (Phi) is 2.75. The van der Waals surface area contributed by atoms with Gasteiger partial charge in [0.25, 0.3) is 0 Å². The summed E-state index contributed by atoms with van der Waals surface area (Å²) in [7, 11) is 0. The molecule has 0 radical (unpaired) electrons. The van der Waals surface area contributed by atoms with Crippen LogP contribution in [-0.4, -0.2) is 24.9 Å². The highest BCUT2D eigenvalue weighted by Gasteiger charge is 2.19. The van der Waals surface area contributed by atoms with Crippen LogP contribution >= 0.6 is 0 Å². The van der Waals surface area contributed by atoms with Crippen molar-refractivity contribution in [2.45, 2.75) is 6.10 Å². The topological polar surface area (TPSA) is 64.7 Å². The first-order valence-corrected chi connectivity index (χ1v) is 4.69. The van der Waals surface area contributed by atoms with Gasteiger partial charge in [0.05, 0.1) is 6.10 Å². The molecule has 1 heterocycles. The smallest absolute Gasteiger partial charge is 0.197 e. The molecule has 2 rings (SSSR count). The van der Waals surface area contributed by atoms with E-state index in [9.17, 15) is 9.50 Å². The summed E-state index contributed by atoms with van der Waals surface area (Å²) in [6.07, 6.45) is -0.879. The van der Waals surface area contributed by atoms with Gasteiger partial charge in [0.1, 0.15) is 13.2 Å². The standard InChI is InChI=1S/C10H12FNO3/c11-7-3-6(8(13)5-12)4-9-10(7)15-2-1-14-9/h3-4,8,13H,1-2,5,12H2. The molecule has 1 aromatic rings. The second-order valence-corrected chi connectivity index (χ2v) is 3.28. The Balaban J connectivity index is 2.40. The first-order valence-electron chi connectivity index (χ1n) is 4.69. The van der Waals surface area contributed by atoms with E-state index in [1.54, 1.807) is 6.07 Å². The molecule has 1 unspecified atom stereocenters. The van der Waals surface area contributed by atoms with Crippen molar-refractivity contribution in [2.24, 2.45) is 5.73 Å². The molecule has 0 saturated carbocycles. The molecule has 0 aliphatic carbocycles. The van der Waals surface area contributed by atoms with Crippen molar-refractivity contribution in [1.82, 2.24) is 0 Å². The molecule has 4 nitrogen and oxygen atoms in total. The number of ether oxygens (including phenoxy) is 2. The zero-order valence-corrected chi connectivity index (χ0v) is 8.07. The summed E-state index contributed by atoms with van der Waals surface area (Å²) in [6, 6.07) is 2.76. The van der Waals surface area contributed by atoms with Crippen LogP contribution in [0.25, 0.3) is 0 Å². The molecule has 1 aliphatic heterocycles. The fourth-order valence-corrected chi connectivity index (χ4v) is 1.46. The van der Waals surface area contributed by atoms with Gasteiger partial charge < -0.3 is 20.3 Å². The van der Waals surface area contributed by atoms with E-state index in [0.717, 1.165) is 0 Å². The largest absolute Gasteiger partial charge is 0.486 e. The summed E-state index contributed by atoms with van der Waals surface area (Å²) in [4.78, 5) is 0. The fourth-order valence-electron chi connectivity index (χ4n) is 1.46. The van der Waals surface area contributed by atoms with Crippen molar-refractivity contribution >= 4 is 0 Å². The first-order chi connectivity index (χ1) is 7.22. The zero-order valence-electron chi connectivity index (χ0n) is 8.07. The van der Waals surface area contributed by atoms with Gasteiger partial charge in [0.2, 0.25) is 0 Å². The van der Waals surface area contributed by atoms with Crippen molar-refractivity contribution < 1.29 is 19.0 Å². The van der Waals surface area contributed by atoms with Gasteiger partial charge in [-0.15, -0.1) is 0 Å². The summed E-state index contributed by atoms with van der Waals surface area (Å²) in [6.45, 7) is 0.760. The van der Waals surface area contributed by atoms with Crippen molar-refractivity contribution in [3.05, 3.63) is 23.5 Å². The van der Waals surface area contributed by atoms with E-state index in [1.165, 1.54) is 6.07 Å². The van der Waals surface area contributed by atoms with Crippen LogP contribution in [0.2, 0.25) is 0 Å².